The molecular weight excluding hydrogens is 296 g/mol. The minimum absolute atomic E-state index is 0.476. The standard InChI is InChI=1S/C14H7ClF4O/c15-9-6-12(18)8(4-13(9)19)14(20)5-7-10(16)2-1-3-11(7)17/h1-4,6H,5H2. The summed E-state index contributed by atoms with van der Waals surface area (Å²) >= 11 is 5.35. The number of hydrogen-bond donors (Lipinski definition) is 0. The summed E-state index contributed by atoms with van der Waals surface area (Å²) in [4.78, 5) is 11.8. The topological polar surface area (TPSA) is 17.1 Å². The van der Waals surface area contributed by atoms with Crippen LogP contribution >= 0.6 is 11.6 Å². The maximum atomic E-state index is 13.5. The van der Waals surface area contributed by atoms with Crippen molar-refractivity contribution in [2.75, 3.05) is 0 Å². The molecule has 2 aromatic rings. The van der Waals surface area contributed by atoms with Crippen LogP contribution in [0.15, 0.2) is 30.3 Å². The highest BCUT2D eigenvalue weighted by Crippen LogP contribution is 2.22. The van der Waals surface area contributed by atoms with E-state index in [9.17, 15) is 22.4 Å². The molecule has 0 unspecified atom stereocenters. The summed E-state index contributed by atoms with van der Waals surface area (Å²) in [7, 11) is 0. The van der Waals surface area contributed by atoms with E-state index in [2.05, 4.69) is 0 Å². The second-order valence-corrected chi connectivity index (χ2v) is 4.45. The van der Waals surface area contributed by atoms with Gasteiger partial charge in [0.2, 0.25) is 0 Å². The van der Waals surface area contributed by atoms with E-state index in [1.807, 2.05) is 0 Å². The largest absolute Gasteiger partial charge is 0.294 e. The smallest absolute Gasteiger partial charge is 0.170 e. The molecule has 1 nitrogen and oxygen atoms in total. The molecular formula is C14H7ClF4O. The van der Waals surface area contributed by atoms with Gasteiger partial charge in [0.1, 0.15) is 23.3 Å². The molecule has 0 aliphatic heterocycles. The molecule has 0 aromatic heterocycles. The zero-order valence-electron chi connectivity index (χ0n) is 9.89. The first-order chi connectivity index (χ1) is 9.40. The molecule has 0 heterocycles. The summed E-state index contributed by atoms with van der Waals surface area (Å²) in [6, 6.07) is 4.34. The average Bonchev–Trinajstić information content (AvgIpc) is 2.38. The lowest BCUT2D eigenvalue weighted by Crippen LogP contribution is -2.10. The Kier molecular flexibility index (Phi) is 4.09. The Morgan fingerprint density at radius 1 is 0.950 bits per heavy atom. The lowest BCUT2D eigenvalue weighted by molar-refractivity contribution is 0.0986. The maximum Gasteiger partial charge on any atom is 0.170 e. The molecule has 0 atom stereocenters. The lowest BCUT2D eigenvalue weighted by Gasteiger charge is -2.06. The van der Waals surface area contributed by atoms with Crippen molar-refractivity contribution in [3.05, 3.63) is 69.8 Å². The molecule has 0 amide bonds. The average molecular weight is 303 g/mol. The van der Waals surface area contributed by atoms with E-state index in [4.69, 9.17) is 11.6 Å². The fourth-order valence-corrected chi connectivity index (χ4v) is 1.84. The van der Waals surface area contributed by atoms with Crippen molar-refractivity contribution in [2.24, 2.45) is 0 Å². The Hall–Kier alpha value is -1.88. The minimum atomic E-state index is -1.04. The highest BCUT2D eigenvalue weighted by molar-refractivity contribution is 6.30. The zero-order chi connectivity index (χ0) is 14.9. The number of rotatable bonds is 3. The summed E-state index contributed by atoms with van der Waals surface area (Å²) in [6.45, 7) is 0. The highest BCUT2D eigenvalue weighted by Gasteiger charge is 2.19. The summed E-state index contributed by atoms with van der Waals surface area (Å²) in [6.07, 6.45) is -0.712. The first kappa shape index (κ1) is 14.5. The number of carbonyl (C=O) groups is 1. The monoisotopic (exact) mass is 302 g/mol. The van der Waals surface area contributed by atoms with Gasteiger partial charge in [-0.15, -0.1) is 0 Å². The van der Waals surface area contributed by atoms with Gasteiger partial charge in [-0.25, -0.2) is 17.6 Å². The van der Waals surface area contributed by atoms with Crippen LogP contribution in [0.1, 0.15) is 15.9 Å². The number of benzene rings is 2. The molecule has 6 heteroatoms. The Morgan fingerprint density at radius 2 is 1.55 bits per heavy atom. The first-order valence-electron chi connectivity index (χ1n) is 5.50. The van der Waals surface area contributed by atoms with Crippen LogP contribution in [0.4, 0.5) is 17.6 Å². The molecule has 2 aromatic carbocycles. The Labute approximate surface area is 116 Å². The van der Waals surface area contributed by atoms with E-state index in [1.165, 1.54) is 0 Å². The maximum absolute atomic E-state index is 13.5. The van der Waals surface area contributed by atoms with Crippen molar-refractivity contribution in [1.29, 1.82) is 0 Å². The van der Waals surface area contributed by atoms with Crippen LogP contribution in [0.3, 0.4) is 0 Å². The number of ketones is 1. The number of carbonyl (C=O) groups excluding carboxylic acids is 1. The van der Waals surface area contributed by atoms with Crippen LogP contribution in [-0.2, 0) is 6.42 Å². The van der Waals surface area contributed by atoms with Crippen molar-refractivity contribution in [2.45, 2.75) is 6.42 Å². The van der Waals surface area contributed by atoms with E-state index >= 15 is 0 Å². The van der Waals surface area contributed by atoms with Gasteiger partial charge in [0, 0.05) is 12.0 Å². The molecule has 0 radical (unpaired) electrons. The summed E-state index contributed by atoms with van der Waals surface area (Å²) in [5.41, 5.74) is -1.10. The number of hydrogen-bond acceptors (Lipinski definition) is 1. The van der Waals surface area contributed by atoms with Gasteiger partial charge < -0.3 is 0 Å². The van der Waals surface area contributed by atoms with Gasteiger partial charge in [-0.3, -0.25) is 4.79 Å². The normalized spacial score (nSPS) is 10.7. The summed E-state index contributed by atoms with van der Waals surface area (Å²) < 4.78 is 53.5. The molecule has 0 saturated carbocycles. The van der Waals surface area contributed by atoms with Gasteiger partial charge in [-0.1, -0.05) is 17.7 Å². The molecule has 0 N–H and O–H groups in total. The second-order valence-electron chi connectivity index (χ2n) is 4.05. The Morgan fingerprint density at radius 3 is 2.15 bits per heavy atom. The van der Waals surface area contributed by atoms with Gasteiger partial charge in [0.25, 0.3) is 0 Å². The van der Waals surface area contributed by atoms with Gasteiger partial charge >= 0.3 is 0 Å². The summed E-state index contributed by atoms with van der Waals surface area (Å²) in [5.74, 6) is -4.81. The van der Waals surface area contributed by atoms with Gasteiger partial charge in [0.05, 0.1) is 10.6 Å². The van der Waals surface area contributed by atoms with E-state index in [0.29, 0.717) is 12.1 Å². The van der Waals surface area contributed by atoms with Crippen molar-refractivity contribution in [3.8, 4) is 0 Å². The summed E-state index contributed by atoms with van der Waals surface area (Å²) in [5, 5.41) is -0.476. The van der Waals surface area contributed by atoms with Crippen molar-refractivity contribution < 1.29 is 22.4 Å². The molecule has 0 bridgehead atoms. The SMILES string of the molecule is O=C(Cc1c(F)cccc1F)c1cc(F)c(Cl)cc1F. The molecule has 0 fully saturated rings. The third-order valence-corrected chi connectivity index (χ3v) is 3.00. The zero-order valence-corrected chi connectivity index (χ0v) is 10.6. The van der Waals surface area contributed by atoms with Crippen LogP contribution in [0.5, 0.6) is 0 Å². The predicted octanol–water partition coefficient (Wildman–Crippen LogP) is 4.32. The Bertz CT molecular complexity index is 665. The fourth-order valence-electron chi connectivity index (χ4n) is 1.69. The third-order valence-electron chi connectivity index (χ3n) is 2.71. The molecule has 0 spiro atoms. The fraction of sp³-hybridized carbons (Fsp3) is 0.0714. The highest BCUT2D eigenvalue weighted by atomic mass is 35.5. The molecule has 0 aliphatic carbocycles. The van der Waals surface area contributed by atoms with Crippen LogP contribution < -0.4 is 0 Å². The van der Waals surface area contributed by atoms with Gasteiger partial charge in [-0.05, 0) is 24.3 Å². The van der Waals surface area contributed by atoms with Crippen LogP contribution in [0.25, 0.3) is 0 Å². The van der Waals surface area contributed by atoms with E-state index in [1.54, 1.807) is 0 Å². The van der Waals surface area contributed by atoms with Gasteiger partial charge in [-0.2, -0.15) is 0 Å². The van der Waals surface area contributed by atoms with Crippen LogP contribution in [-0.4, -0.2) is 5.78 Å². The number of halogens is 5. The molecule has 20 heavy (non-hydrogen) atoms. The van der Waals surface area contributed by atoms with Crippen LogP contribution in [0, 0.1) is 23.3 Å². The predicted molar refractivity (Wildman–Crippen MR) is 65.8 cm³/mol. The minimum Gasteiger partial charge on any atom is -0.294 e. The molecule has 104 valence electrons. The van der Waals surface area contributed by atoms with Crippen molar-refractivity contribution in [1.82, 2.24) is 0 Å². The Balaban J connectivity index is 2.36. The molecule has 0 saturated heterocycles. The van der Waals surface area contributed by atoms with Crippen molar-refractivity contribution >= 4 is 17.4 Å². The third kappa shape index (κ3) is 2.82. The first-order valence-corrected chi connectivity index (χ1v) is 5.88. The van der Waals surface area contributed by atoms with E-state index < -0.39 is 51.6 Å². The van der Waals surface area contributed by atoms with Crippen LogP contribution in [0.2, 0.25) is 5.02 Å². The van der Waals surface area contributed by atoms with E-state index in [0.717, 1.165) is 18.2 Å². The van der Waals surface area contributed by atoms with E-state index in [-0.39, 0.29) is 0 Å². The lowest BCUT2D eigenvalue weighted by atomic mass is 10.0. The molecule has 2 rings (SSSR count). The van der Waals surface area contributed by atoms with Crippen molar-refractivity contribution in [3.63, 3.8) is 0 Å². The quantitative estimate of drug-likeness (QED) is 0.469. The molecule has 0 aliphatic rings. The number of Topliss-reactive ketones (excluding diaryl/α,β-unsaturated/α-hetero) is 1. The second kappa shape index (κ2) is 5.63. The van der Waals surface area contributed by atoms with Gasteiger partial charge in [0.15, 0.2) is 5.78 Å².